The number of nitro benzene ring substituents is 1. The van der Waals surface area contributed by atoms with Crippen LogP contribution < -0.4 is 0 Å². The summed E-state index contributed by atoms with van der Waals surface area (Å²) in [7, 11) is 0. The van der Waals surface area contributed by atoms with Gasteiger partial charge in [-0.05, 0) is 46.9 Å². The third-order valence-electron chi connectivity index (χ3n) is 7.26. The van der Waals surface area contributed by atoms with Gasteiger partial charge in [-0.15, -0.1) is 0 Å². The van der Waals surface area contributed by atoms with E-state index < -0.39 is 0 Å². The van der Waals surface area contributed by atoms with Crippen molar-refractivity contribution in [3.63, 3.8) is 0 Å². The van der Waals surface area contributed by atoms with Gasteiger partial charge >= 0.3 is 0 Å². The van der Waals surface area contributed by atoms with E-state index in [2.05, 4.69) is 83.5 Å². The number of benzene rings is 4. The molecule has 2 heterocycles. The molecule has 0 amide bonds. The van der Waals surface area contributed by atoms with Gasteiger partial charge in [0, 0.05) is 41.3 Å². The maximum absolute atomic E-state index is 11.3. The van der Waals surface area contributed by atoms with Crippen molar-refractivity contribution in [3.8, 4) is 0 Å². The zero-order valence-corrected chi connectivity index (χ0v) is 18.9. The van der Waals surface area contributed by atoms with E-state index in [-0.39, 0.29) is 22.7 Å². The van der Waals surface area contributed by atoms with Gasteiger partial charge in [0.1, 0.15) is 0 Å². The molecule has 168 valence electrons. The highest BCUT2D eigenvalue weighted by molar-refractivity contribution is 5.87. The van der Waals surface area contributed by atoms with E-state index in [4.69, 9.17) is 0 Å². The number of nitro groups is 1. The molecule has 5 nitrogen and oxygen atoms in total. The van der Waals surface area contributed by atoms with E-state index in [0.29, 0.717) is 0 Å². The lowest BCUT2D eigenvalue weighted by atomic mass is 9.89. The Hall–Kier alpha value is -3.96. The van der Waals surface area contributed by atoms with Crippen LogP contribution in [-0.2, 0) is 6.42 Å². The Bertz CT molecular complexity index is 1510. The summed E-state index contributed by atoms with van der Waals surface area (Å²) < 4.78 is 0. The van der Waals surface area contributed by atoms with Gasteiger partial charge in [0.25, 0.3) is 5.69 Å². The second-order valence-electron chi connectivity index (χ2n) is 9.05. The molecule has 5 heteroatoms. The maximum atomic E-state index is 11.3. The third-order valence-corrected chi connectivity index (χ3v) is 7.26. The zero-order chi connectivity index (χ0) is 23.2. The first kappa shape index (κ1) is 20.6. The molecule has 0 saturated carbocycles. The molecular formula is C29H25N3O2. The van der Waals surface area contributed by atoms with Gasteiger partial charge in [0.15, 0.2) is 0 Å². The summed E-state index contributed by atoms with van der Waals surface area (Å²) in [5.74, 6) is 0. The molecule has 5 aromatic rings. The fraction of sp³-hybridized carbons (Fsp3) is 0.172. The van der Waals surface area contributed by atoms with Gasteiger partial charge in [0.2, 0.25) is 0 Å². The minimum absolute atomic E-state index is 0.0223. The first-order valence-corrected chi connectivity index (χ1v) is 11.7. The summed E-state index contributed by atoms with van der Waals surface area (Å²) in [6.07, 6.45) is 0.956. The maximum Gasteiger partial charge on any atom is 0.269 e. The first-order chi connectivity index (χ1) is 16.6. The minimum atomic E-state index is -0.338. The van der Waals surface area contributed by atoms with E-state index >= 15 is 0 Å². The molecule has 0 saturated heterocycles. The summed E-state index contributed by atoms with van der Waals surface area (Å²) in [4.78, 5) is 17.2. The Balaban J connectivity index is 1.51. The zero-order valence-electron chi connectivity index (χ0n) is 18.9. The van der Waals surface area contributed by atoms with Crippen LogP contribution in [0.1, 0.15) is 41.4 Å². The number of para-hydroxylation sites is 1. The first-order valence-electron chi connectivity index (χ1n) is 11.7. The van der Waals surface area contributed by atoms with Crippen molar-refractivity contribution in [1.29, 1.82) is 0 Å². The highest BCUT2D eigenvalue weighted by Crippen LogP contribution is 2.43. The largest absolute Gasteiger partial charge is 0.357 e. The van der Waals surface area contributed by atoms with E-state index in [1.807, 2.05) is 12.1 Å². The molecule has 0 radical (unpaired) electrons. The van der Waals surface area contributed by atoms with Gasteiger partial charge in [-0.1, -0.05) is 72.8 Å². The summed E-state index contributed by atoms with van der Waals surface area (Å²) in [6.45, 7) is 3.18. The Labute approximate surface area is 197 Å². The normalized spacial score (nSPS) is 17.0. The van der Waals surface area contributed by atoms with E-state index in [9.17, 15) is 10.1 Å². The molecule has 2 atom stereocenters. The van der Waals surface area contributed by atoms with Gasteiger partial charge in [0.05, 0.1) is 11.0 Å². The van der Waals surface area contributed by atoms with Crippen molar-refractivity contribution in [1.82, 2.24) is 9.88 Å². The molecule has 1 aromatic heterocycles. The van der Waals surface area contributed by atoms with Crippen molar-refractivity contribution in [2.75, 3.05) is 6.54 Å². The average molecular weight is 448 g/mol. The molecule has 0 unspecified atom stereocenters. The number of rotatable bonds is 4. The Kier molecular flexibility index (Phi) is 4.93. The quantitative estimate of drug-likeness (QED) is 0.240. The molecule has 0 fully saturated rings. The monoisotopic (exact) mass is 447 g/mol. The molecule has 1 N–H and O–H groups in total. The lowest BCUT2D eigenvalue weighted by Crippen LogP contribution is -2.38. The number of H-pyrrole nitrogens is 1. The number of nitrogens with zero attached hydrogens (tertiary/aromatic N) is 2. The molecular weight excluding hydrogens is 422 g/mol. The van der Waals surface area contributed by atoms with Crippen molar-refractivity contribution in [2.45, 2.75) is 25.4 Å². The summed E-state index contributed by atoms with van der Waals surface area (Å²) in [5, 5.41) is 15.0. The van der Waals surface area contributed by atoms with Crippen LogP contribution in [0.15, 0.2) is 91.0 Å². The molecule has 1 aliphatic rings. The van der Waals surface area contributed by atoms with Crippen molar-refractivity contribution in [2.24, 2.45) is 0 Å². The Morgan fingerprint density at radius 1 is 0.912 bits per heavy atom. The van der Waals surface area contributed by atoms with Crippen LogP contribution >= 0.6 is 0 Å². The number of hydrogen-bond acceptors (Lipinski definition) is 3. The number of nitrogens with one attached hydrogen (secondary N) is 1. The Morgan fingerprint density at radius 2 is 1.62 bits per heavy atom. The Morgan fingerprint density at radius 3 is 2.41 bits per heavy atom. The molecule has 0 aliphatic carbocycles. The third kappa shape index (κ3) is 3.28. The fourth-order valence-corrected chi connectivity index (χ4v) is 5.61. The number of fused-ring (bicyclic) bond motifs is 4. The van der Waals surface area contributed by atoms with E-state index in [0.717, 1.165) is 24.0 Å². The standard InChI is InChI=1S/C29H25N3O2/c1-19(23-11-6-8-20-7-2-3-9-24(20)23)31-18-17-26-25-10-4-5-12-27(25)30-28(26)29(31)21-13-15-22(16-14-21)32(33)34/h2-16,19,29-30H,17-18H2,1H3/t19-,29+/m1/s1. The van der Waals surface area contributed by atoms with Crippen LogP contribution in [0.2, 0.25) is 0 Å². The molecule has 4 aromatic carbocycles. The molecule has 6 rings (SSSR count). The van der Waals surface area contributed by atoms with Gasteiger partial charge < -0.3 is 4.98 Å². The lowest BCUT2D eigenvalue weighted by molar-refractivity contribution is -0.384. The number of aromatic nitrogens is 1. The van der Waals surface area contributed by atoms with Crippen LogP contribution in [-0.4, -0.2) is 21.4 Å². The van der Waals surface area contributed by atoms with Crippen molar-refractivity contribution >= 4 is 27.4 Å². The lowest BCUT2D eigenvalue weighted by Gasteiger charge is -2.40. The predicted octanol–water partition coefficient (Wildman–Crippen LogP) is 6.94. The van der Waals surface area contributed by atoms with Crippen molar-refractivity contribution in [3.05, 3.63) is 123 Å². The van der Waals surface area contributed by atoms with Crippen LogP contribution in [0.4, 0.5) is 5.69 Å². The SMILES string of the molecule is C[C@H](c1cccc2ccccc12)N1CCc2c([nH]c3ccccc23)[C@@H]1c1ccc([N+](=O)[O-])cc1. The molecule has 0 bridgehead atoms. The summed E-state index contributed by atoms with van der Waals surface area (Å²) in [6, 6.07) is 30.7. The fourth-order valence-electron chi connectivity index (χ4n) is 5.61. The van der Waals surface area contributed by atoms with Crippen LogP contribution in [0.3, 0.4) is 0 Å². The number of non-ortho nitro benzene ring substituents is 1. The second kappa shape index (κ2) is 8.12. The second-order valence-corrected chi connectivity index (χ2v) is 9.05. The summed E-state index contributed by atoms with van der Waals surface area (Å²) in [5.41, 5.74) is 6.15. The smallest absolute Gasteiger partial charge is 0.269 e. The average Bonchev–Trinajstić information content (AvgIpc) is 3.26. The highest BCUT2D eigenvalue weighted by atomic mass is 16.6. The number of hydrogen-bond donors (Lipinski definition) is 1. The van der Waals surface area contributed by atoms with Gasteiger partial charge in [-0.2, -0.15) is 0 Å². The number of aromatic amines is 1. The van der Waals surface area contributed by atoms with Crippen LogP contribution in [0.5, 0.6) is 0 Å². The van der Waals surface area contributed by atoms with Gasteiger partial charge in [-0.3, -0.25) is 15.0 Å². The molecule has 0 spiro atoms. The topological polar surface area (TPSA) is 62.2 Å². The van der Waals surface area contributed by atoms with E-state index in [1.165, 1.54) is 33.0 Å². The van der Waals surface area contributed by atoms with Gasteiger partial charge in [-0.25, -0.2) is 0 Å². The van der Waals surface area contributed by atoms with Crippen LogP contribution in [0, 0.1) is 10.1 Å². The molecule has 1 aliphatic heterocycles. The minimum Gasteiger partial charge on any atom is -0.357 e. The predicted molar refractivity (Wildman–Crippen MR) is 136 cm³/mol. The highest BCUT2D eigenvalue weighted by Gasteiger charge is 2.35. The van der Waals surface area contributed by atoms with Crippen molar-refractivity contribution < 1.29 is 4.92 Å². The molecule has 34 heavy (non-hydrogen) atoms. The van der Waals surface area contributed by atoms with E-state index in [1.54, 1.807) is 12.1 Å². The summed E-state index contributed by atoms with van der Waals surface area (Å²) >= 11 is 0. The van der Waals surface area contributed by atoms with Crippen LogP contribution in [0.25, 0.3) is 21.7 Å².